The second-order valence-corrected chi connectivity index (χ2v) is 11.8. The molecule has 0 spiro atoms. The van der Waals surface area contributed by atoms with Gasteiger partial charge >= 0.3 is 0 Å². The highest BCUT2D eigenvalue weighted by atomic mass is 32.2. The number of non-ortho nitro benzene ring substituents is 1. The molecule has 0 radical (unpaired) electrons. The zero-order chi connectivity index (χ0) is 32.2. The van der Waals surface area contributed by atoms with Crippen LogP contribution < -0.4 is 24.4 Å². The molecule has 1 atom stereocenters. The van der Waals surface area contributed by atoms with Gasteiger partial charge in [-0.1, -0.05) is 11.3 Å². The molecule has 0 unspecified atom stereocenters. The highest BCUT2D eigenvalue weighted by molar-refractivity contribution is 7.99. The summed E-state index contributed by atoms with van der Waals surface area (Å²) < 4.78 is 13.0. The van der Waals surface area contributed by atoms with Crippen LogP contribution in [0.15, 0.2) is 86.0 Å². The molecule has 0 saturated heterocycles. The lowest BCUT2D eigenvalue weighted by Crippen LogP contribution is -2.43. The van der Waals surface area contributed by atoms with E-state index in [0.29, 0.717) is 61.8 Å². The third-order valence-corrected chi connectivity index (χ3v) is 9.24. The minimum absolute atomic E-state index is 0.130. The molecule has 1 amide bonds. The van der Waals surface area contributed by atoms with Gasteiger partial charge in [0.15, 0.2) is 9.96 Å². The number of hydrogen-bond donors (Lipinski definition) is 0. The minimum atomic E-state index is -0.877. The van der Waals surface area contributed by atoms with Gasteiger partial charge in [0.25, 0.3) is 17.2 Å². The van der Waals surface area contributed by atoms with Gasteiger partial charge in [-0.05, 0) is 74.5 Å². The number of hydrogen-bond acceptors (Lipinski definition) is 11. The lowest BCUT2D eigenvalue weighted by molar-refractivity contribution is -0.384. The largest absolute Gasteiger partial charge is 0.497 e. The first-order valence-electron chi connectivity index (χ1n) is 14.0. The highest BCUT2D eigenvalue weighted by Gasteiger charge is 2.36. The quantitative estimate of drug-likeness (QED) is 0.142. The Morgan fingerprint density at radius 2 is 1.87 bits per heavy atom. The van der Waals surface area contributed by atoms with Crippen LogP contribution in [-0.2, 0) is 4.79 Å². The van der Waals surface area contributed by atoms with Gasteiger partial charge < -0.3 is 14.4 Å². The maximum Gasteiger partial charge on any atom is 0.271 e. The van der Waals surface area contributed by atoms with Crippen molar-refractivity contribution in [3.63, 3.8) is 0 Å². The Balaban J connectivity index is 1.76. The first-order chi connectivity index (χ1) is 21.7. The third-order valence-electron chi connectivity index (χ3n) is 7.27. The number of thiazole rings is 1. The van der Waals surface area contributed by atoms with Crippen LogP contribution in [0.2, 0.25) is 0 Å². The summed E-state index contributed by atoms with van der Waals surface area (Å²) in [6, 6.07) is 10.5. The van der Waals surface area contributed by atoms with Crippen molar-refractivity contribution in [2.75, 3.05) is 27.3 Å². The van der Waals surface area contributed by atoms with Gasteiger partial charge in [-0.3, -0.25) is 24.3 Å². The fourth-order valence-corrected chi connectivity index (χ4v) is 6.89. The van der Waals surface area contributed by atoms with E-state index < -0.39 is 16.5 Å². The molecule has 2 aromatic heterocycles. The molecule has 1 aliphatic rings. The Bertz CT molecular complexity index is 1990. The van der Waals surface area contributed by atoms with Crippen LogP contribution in [0, 0.1) is 10.1 Å². The van der Waals surface area contributed by atoms with Crippen LogP contribution in [-0.4, -0.2) is 57.6 Å². The molecule has 14 heteroatoms. The summed E-state index contributed by atoms with van der Waals surface area (Å²) in [6.45, 7) is 6.47. The number of methoxy groups -OCH3 is 2. The van der Waals surface area contributed by atoms with Gasteiger partial charge in [0.2, 0.25) is 0 Å². The molecule has 45 heavy (non-hydrogen) atoms. The van der Waals surface area contributed by atoms with Crippen LogP contribution >= 0.6 is 23.1 Å². The van der Waals surface area contributed by atoms with Gasteiger partial charge in [-0.25, -0.2) is 15.0 Å². The summed E-state index contributed by atoms with van der Waals surface area (Å²) in [5.41, 5.74) is 1.28. The van der Waals surface area contributed by atoms with E-state index >= 15 is 0 Å². The number of amides is 1. The van der Waals surface area contributed by atoms with Crippen LogP contribution in [0.4, 0.5) is 5.69 Å². The third kappa shape index (κ3) is 6.24. The van der Waals surface area contributed by atoms with Crippen LogP contribution in [0.1, 0.15) is 37.9 Å². The van der Waals surface area contributed by atoms with E-state index in [1.54, 1.807) is 60.6 Å². The van der Waals surface area contributed by atoms with E-state index in [1.807, 2.05) is 13.8 Å². The molecule has 5 rings (SSSR count). The number of allylic oxidation sites excluding steroid dienone is 1. The van der Waals surface area contributed by atoms with Gasteiger partial charge in [0.05, 0.1) is 34.9 Å². The second kappa shape index (κ2) is 13.4. The molecule has 232 valence electrons. The maximum atomic E-state index is 14.3. The Hall–Kier alpha value is -4.82. The summed E-state index contributed by atoms with van der Waals surface area (Å²) in [5, 5.41) is 12.1. The van der Waals surface area contributed by atoms with Gasteiger partial charge in [0, 0.05) is 48.1 Å². The molecular formula is C31H30N6O6S2. The van der Waals surface area contributed by atoms with E-state index in [-0.39, 0.29) is 16.1 Å². The number of fused-ring (bicyclic) bond motifs is 1. The molecule has 0 fully saturated rings. The number of nitrogens with zero attached hydrogens (tertiary/aromatic N) is 6. The van der Waals surface area contributed by atoms with Crippen molar-refractivity contribution in [2.24, 2.45) is 4.99 Å². The van der Waals surface area contributed by atoms with Crippen molar-refractivity contribution in [3.8, 4) is 11.5 Å². The van der Waals surface area contributed by atoms with Gasteiger partial charge in [0.1, 0.15) is 17.5 Å². The number of carbonyl (C=O) groups is 1. The molecular weight excluding hydrogens is 617 g/mol. The van der Waals surface area contributed by atoms with E-state index in [0.717, 1.165) is 11.3 Å². The number of benzene rings is 2. The normalized spacial score (nSPS) is 14.5. The molecule has 0 aliphatic carbocycles. The lowest BCUT2D eigenvalue weighted by Gasteiger charge is -2.30. The standard InChI is InChI=1S/C31H30N6O6S2/c1-6-35(7-2)29(39)26-18(3)34-31-36(27(26)22-17-21(42-4)10-11-23(22)43-5)28(38)25(45-31)16-19-15-20(37(40)41)9-12-24(19)44-30-32-13-8-14-33-30/h8-17,27H,6-7H2,1-5H3/b25-16-/t27-/m1/s1. The Morgan fingerprint density at radius 1 is 1.13 bits per heavy atom. The predicted molar refractivity (Wildman–Crippen MR) is 170 cm³/mol. The summed E-state index contributed by atoms with van der Waals surface area (Å²) in [7, 11) is 3.06. The number of likely N-dealkylation sites (N-methyl/N-ethyl adjacent to an activating group) is 1. The van der Waals surface area contributed by atoms with E-state index in [2.05, 4.69) is 9.97 Å². The van der Waals surface area contributed by atoms with E-state index in [1.165, 1.54) is 42.7 Å². The Kier molecular flexibility index (Phi) is 9.44. The van der Waals surface area contributed by atoms with Crippen LogP contribution in [0.5, 0.6) is 11.5 Å². The Morgan fingerprint density at radius 3 is 2.51 bits per heavy atom. The molecule has 0 saturated carbocycles. The topological polar surface area (TPSA) is 142 Å². The average molecular weight is 647 g/mol. The van der Waals surface area contributed by atoms with Crippen molar-refractivity contribution >= 4 is 40.8 Å². The predicted octanol–water partition coefficient (Wildman–Crippen LogP) is 3.97. The van der Waals surface area contributed by atoms with E-state index in [9.17, 15) is 19.7 Å². The highest BCUT2D eigenvalue weighted by Crippen LogP contribution is 2.38. The maximum absolute atomic E-state index is 14.3. The smallest absolute Gasteiger partial charge is 0.271 e. The van der Waals surface area contributed by atoms with Crippen molar-refractivity contribution in [3.05, 3.63) is 107 Å². The number of aromatic nitrogens is 3. The second-order valence-electron chi connectivity index (χ2n) is 9.78. The lowest BCUT2D eigenvalue weighted by atomic mass is 9.93. The fraction of sp³-hybridized carbons (Fsp3) is 0.258. The molecule has 0 N–H and O–H groups in total. The molecule has 2 aromatic carbocycles. The van der Waals surface area contributed by atoms with Crippen molar-refractivity contribution in [1.29, 1.82) is 0 Å². The minimum Gasteiger partial charge on any atom is -0.497 e. The number of nitro benzene ring substituents is 1. The summed E-state index contributed by atoms with van der Waals surface area (Å²) >= 11 is 2.35. The van der Waals surface area contributed by atoms with Crippen LogP contribution in [0.25, 0.3) is 6.08 Å². The van der Waals surface area contributed by atoms with Crippen molar-refractivity contribution < 1.29 is 19.2 Å². The summed E-state index contributed by atoms with van der Waals surface area (Å²) in [6.07, 6.45) is 4.81. The number of ether oxygens (including phenoxy) is 2. The summed E-state index contributed by atoms with van der Waals surface area (Å²) in [4.78, 5) is 55.4. The van der Waals surface area contributed by atoms with Gasteiger partial charge in [-0.2, -0.15) is 0 Å². The average Bonchev–Trinajstić information content (AvgIpc) is 3.35. The summed E-state index contributed by atoms with van der Waals surface area (Å²) in [5.74, 6) is 0.749. The molecule has 1 aliphatic heterocycles. The molecule has 0 bridgehead atoms. The molecule has 3 heterocycles. The van der Waals surface area contributed by atoms with Crippen LogP contribution in [0.3, 0.4) is 0 Å². The zero-order valence-electron chi connectivity index (χ0n) is 25.2. The first kappa shape index (κ1) is 31.6. The Labute approximate surface area is 266 Å². The molecule has 4 aromatic rings. The van der Waals surface area contributed by atoms with Crippen molar-refractivity contribution in [1.82, 2.24) is 19.4 Å². The van der Waals surface area contributed by atoms with Crippen molar-refractivity contribution in [2.45, 2.75) is 36.9 Å². The number of rotatable bonds is 10. The SMILES string of the molecule is CCN(CC)C(=O)C1=C(C)N=c2s/c(=C\c3cc([N+](=O)[O-])ccc3Sc3ncccn3)c(=O)n2[C@@H]1c1cc(OC)ccc1OC. The molecule has 12 nitrogen and oxygen atoms in total. The van der Waals surface area contributed by atoms with Gasteiger partial charge in [-0.15, -0.1) is 0 Å². The first-order valence-corrected chi connectivity index (χ1v) is 15.6. The number of nitro groups is 1. The zero-order valence-corrected chi connectivity index (χ0v) is 26.8. The van der Waals surface area contributed by atoms with E-state index in [4.69, 9.17) is 14.5 Å². The monoisotopic (exact) mass is 646 g/mol. The fourth-order valence-electron chi connectivity index (χ4n) is 5.06. The number of carbonyl (C=O) groups excluding carboxylic acids is 1.